The number of allylic oxidation sites excluding steroid dienone is 1. The average Bonchev–Trinajstić information content (AvgIpc) is 3.50. The minimum absolute atomic E-state index is 0.0999. The summed E-state index contributed by atoms with van der Waals surface area (Å²) in [7, 11) is -1.38. The summed E-state index contributed by atoms with van der Waals surface area (Å²) in [5.41, 5.74) is 4.77. The topological polar surface area (TPSA) is 79.0 Å². The van der Waals surface area contributed by atoms with Gasteiger partial charge >= 0.3 is 5.97 Å². The number of carbonyl (C=O) groups is 1. The molecule has 2 heterocycles. The molecule has 0 aromatic heterocycles. The zero-order chi connectivity index (χ0) is 38.0. The molecule has 1 aromatic carbocycles. The summed E-state index contributed by atoms with van der Waals surface area (Å²) >= 11 is 0. The number of nitrogens with one attached hydrogen (secondary N) is 1. The second-order valence-corrected chi connectivity index (χ2v) is 22.4. The highest BCUT2D eigenvalue weighted by atomic mass is 32.2. The van der Waals surface area contributed by atoms with Crippen LogP contribution in [0.4, 0.5) is 0 Å². The van der Waals surface area contributed by atoms with Crippen LogP contribution in [0.1, 0.15) is 122 Å². The number of likely N-dealkylation sites (tertiary alicyclic amines) is 1. The van der Waals surface area contributed by atoms with Gasteiger partial charge in [0.2, 0.25) is 0 Å². The van der Waals surface area contributed by atoms with E-state index in [1.54, 1.807) is 0 Å². The Morgan fingerprint density at radius 3 is 2.28 bits per heavy atom. The van der Waals surface area contributed by atoms with E-state index in [1.165, 1.54) is 76.0 Å². The summed E-state index contributed by atoms with van der Waals surface area (Å²) < 4.78 is 28.7. The van der Waals surface area contributed by atoms with Gasteiger partial charge in [0.25, 0.3) is 0 Å². The predicted octanol–water partition coefficient (Wildman–Crippen LogP) is 8.01. The molecule has 9 atom stereocenters. The Balaban J connectivity index is 1.05. The molecule has 8 heteroatoms. The highest BCUT2D eigenvalue weighted by Crippen LogP contribution is 2.76. The van der Waals surface area contributed by atoms with E-state index in [1.807, 2.05) is 12.1 Å². The summed E-state index contributed by atoms with van der Waals surface area (Å²) in [6.45, 7) is 26.8. The number of hydrogen-bond donors (Lipinski definition) is 1. The quantitative estimate of drug-likeness (QED) is 0.148. The monoisotopic (exact) mass is 750 g/mol. The number of benzene rings is 1. The van der Waals surface area contributed by atoms with E-state index < -0.39 is 9.84 Å². The van der Waals surface area contributed by atoms with Gasteiger partial charge in [-0.3, -0.25) is 4.90 Å². The van der Waals surface area contributed by atoms with Crippen molar-refractivity contribution in [3.05, 3.63) is 47.5 Å². The molecule has 1 N–H and O–H groups in total. The van der Waals surface area contributed by atoms with Crippen LogP contribution in [0.3, 0.4) is 0 Å². The molecule has 0 unspecified atom stereocenters. The Hall–Kier alpha value is -1.74. The van der Waals surface area contributed by atoms with Crippen molar-refractivity contribution < 1.29 is 17.9 Å². The number of esters is 1. The number of ether oxygens (including phenoxy) is 1. The largest absolute Gasteiger partial charge is 0.465 e. The fraction of sp³-hybridized carbons (Fsp3) is 0.800. The molecule has 2 aliphatic heterocycles. The van der Waals surface area contributed by atoms with Crippen molar-refractivity contribution in [3.63, 3.8) is 0 Å². The van der Waals surface area contributed by atoms with E-state index in [4.69, 9.17) is 4.74 Å². The zero-order valence-electron chi connectivity index (χ0n) is 34.3. The fourth-order valence-electron chi connectivity index (χ4n) is 14.5. The van der Waals surface area contributed by atoms with Crippen molar-refractivity contribution in [2.75, 3.05) is 57.9 Å². The summed E-state index contributed by atoms with van der Waals surface area (Å²) in [4.78, 5) is 17.1. The van der Waals surface area contributed by atoms with Crippen LogP contribution in [-0.2, 0) is 21.1 Å². The van der Waals surface area contributed by atoms with Gasteiger partial charge in [0.05, 0.1) is 24.2 Å². The molecule has 0 bridgehead atoms. The first-order valence-electron chi connectivity index (χ1n) is 21.2. The maximum Gasteiger partial charge on any atom is 0.337 e. The number of hydrogen-bond acceptors (Lipinski definition) is 7. The molecule has 7 rings (SSSR count). The van der Waals surface area contributed by atoms with E-state index in [-0.39, 0.29) is 11.5 Å². The van der Waals surface area contributed by atoms with Gasteiger partial charge in [-0.15, -0.1) is 0 Å². The number of sulfone groups is 1. The molecule has 4 saturated carbocycles. The lowest BCUT2D eigenvalue weighted by molar-refractivity contribution is -0.242. The Bertz CT molecular complexity index is 1630. The van der Waals surface area contributed by atoms with Crippen molar-refractivity contribution in [2.24, 2.45) is 51.2 Å². The van der Waals surface area contributed by atoms with Crippen LogP contribution < -0.4 is 5.32 Å². The maximum atomic E-state index is 12.0. The Kier molecular flexibility index (Phi) is 10.7. The second-order valence-electron chi connectivity index (χ2n) is 20.1. The number of fused-ring (bicyclic) bond motifs is 7. The SMILES string of the molecule is C=C(C)[C@@H]1CC[C@]2(CNCCCN3CCS(=O)(=O)CC3)CC[C@]3(C)[C@H](CC[C@@H]4[C@@]5(C)CCN(Cc6ccc(C(=O)OC)cc6)C(C)(C)[C@@H]5CC[C@]43C)[C@@H]12. The lowest BCUT2D eigenvalue weighted by Gasteiger charge is -2.73. The Morgan fingerprint density at radius 2 is 1.60 bits per heavy atom. The van der Waals surface area contributed by atoms with Crippen LogP contribution in [0.5, 0.6) is 0 Å². The molecule has 296 valence electrons. The zero-order valence-corrected chi connectivity index (χ0v) is 35.1. The van der Waals surface area contributed by atoms with E-state index in [0.717, 1.165) is 51.0 Å². The third-order valence-electron chi connectivity index (χ3n) is 17.6. The van der Waals surface area contributed by atoms with Crippen LogP contribution >= 0.6 is 0 Å². The van der Waals surface area contributed by atoms with E-state index >= 15 is 0 Å². The summed E-state index contributed by atoms with van der Waals surface area (Å²) in [5, 5.41) is 3.99. The summed E-state index contributed by atoms with van der Waals surface area (Å²) in [5.74, 6) is 3.87. The molecule has 7 nitrogen and oxygen atoms in total. The van der Waals surface area contributed by atoms with E-state index in [2.05, 4.69) is 75.4 Å². The van der Waals surface area contributed by atoms with Crippen LogP contribution in [0, 0.1) is 51.2 Å². The molecule has 2 saturated heterocycles. The molecule has 0 amide bonds. The minimum atomic E-state index is -2.82. The molecular formula is C45H71N3O4S. The Labute approximate surface area is 322 Å². The first-order valence-corrected chi connectivity index (χ1v) is 23.0. The highest BCUT2D eigenvalue weighted by molar-refractivity contribution is 7.91. The van der Waals surface area contributed by atoms with Crippen molar-refractivity contribution in [2.45, 2.75) is 118 Å². The van der Waals surface area contributed by atoms with Gasteiger partial charge in [-0.2, -0.15) is 0 Å². The van der Waals surface area contributed by atoms with Crippen molar-refractivity contribution >= 4 is 15.8 Å². The third kappa shape index (κ3) is 6.69. The number of nitrogens with zero attached hydrogens (tertiary/aromatic N) is 2. The fourth-order valence-corrected chi connectivity index (χ4v) is 15.7. The van der Waals surface area contributed by atoms with E-state index in [9.17, 15) is 13.2 Å². The number of piperidine rings is 1. The average molecular weight is 750 g/mol. The van der Waals surface area contributed by atoms with Gasteiger partial charge in [0.15, 0.2) is 9.84 Å². The second kappa shape index (κ2) is 14.3. The van der Waals surface area contributed by atoms with Gasteiger partial charge in [-0.1, -0.05) is 45.1 Å². The number of rotatable bonds is 10. The molecule has 53 heavy (non-hydrogen) atoms. The normalized spacial score (nSPS) is 40.7. The molecule has 4 aliphatic carbocycles. The molecule has 0 radical (unpaired) electrons. The molecule has 1 aromatic rings. The molecule has 6 fully saturated rings. The van der Waals surface area contributed by atoms with Crippen molar-refractivity contribution in [3.8, 4) is 0 Å². The van der Waals surface area contributed by atoms with Crippen molar-refractivity contribution in [1.82, 2.24) is 15.1 Å². The highest BCUT2D eigenvalue weighted by Gasteiger charge is 2.70. The lowest BCUT2D eigenvalue weighted by Crippen LogP contribution is -2.69. The van der Waals surface area contributed by atoms with Gasteiger partial charge < -0.3 is 15.0 Å². The number of carbonyl (C=O) groups excluding carboxylic acids is 1. The third-order valence-corrected chi connectivity index (χ3v) is 19.2. The molecular weight excluding hydrogens is 679 g/mol. The lowest BCUT2D eigenvalue weighted by atomic mass is 9.33. The summed E-state index contributed by atoms with van der Waals surface area (Å²) in [6, 6.07) is 8.06. The van der Waals surface area contributed by atoms with Crippen LogP contribution in [-0.4, -0.2) is 87.6 Å². The van der Waals surface area contributed by atoms with Crippen LogP contribution in [0.15, 0.2) is 36.4 Å². The first-order chi connectivity index (χ1) is 25.0. The van der Waals surface area contributed by atoms with Crippen molar-refractivity contribution in [1.29, 1.82) is 0 Å². The smallest absolute Gasteiger partial charge is 0.337 e. The van der Waals surface area contributed by atoms with Gasteiger partial charge in [-0.05, 0) is 174 Å². The van der Waals surface area contributed by atoms with Gasteiger partial charge in [0.1, 0.15) is 0 Å². The van der Waals surface area contributed by atoms with Gasteiger partial charge in [-0.25, -0.2) is 13.2 Å². The first kappa shape index (κ1) is 39.5. The summed E-state index contributed by atoms with van der Waals surface area (Å²) in [6.07, 6.45) is 13.0. The van der Waals surface area contributed by atoms with E-state index in [0.29, 0.717) is 69.6 Å². The maximum absolute atomic E-state index is 12.0. The van der Waals surface area contributed by atoms with Crippen LogP contribution in [0.2, 0.25) is 0 Å². The molecule has 0 spiro atoms. The van der Waals surface area contributed by atoms with Gasteiger partial charge in [0, 0.05) is 31.7 Å². The van der Waals surface area contributed by atoms with Crippen LogP contribution in [0.25, 0.3) is 0 Å². The number of methoxy groups -OCH3 is 1. The Morgan fingerprint density at radius 1 is 0.887 bits per heavy atom. The minimum Gasteiger partial charge on any atom is -0.465 e. The molecule has 6 aliphatic rings. The standard InChI is InChI=1S/C45H71N3O4S/c1-32(2)35-16-19-45(31-46-23-9-24-47-26-28-53(50,51)29-27-47)21-20-43(6)36(39(35)45)14-15-38-42(5)22-25-48(41(3,4)37(42)17-18-44(38,43)7)30-33-10-12-34(13-11-33)40(49)52-8/h10-13,35-39,46H,1,9,14-31H2,2-8H3/t35-,36+,37-,38+,39+,42-,43+,44+,45+/m0/s1. The predicted molar refractivity (Wildman–Crippen MR) is 215 cm³/mol.